The molecule has 1 atom stereocenters. The fourth-order valence-corrected chi connectivity index (χ4v) is 4.59. The van der Waals surface area contributed by atoms with Crippen LogP contribution in [-0.4, -0.2) is 66.5 Å². The number of fused-ring (bicyclic) bond motifs is 1. The SMILES string of the molecule is CNc1nc([C@@H]2CCCN(C(=O)CCc3ccc(OC)cc3)C2)nc2c1CCN(C)C2. The van der Waals surface area contributed by atoms with Crippen LogP contribution in [0.1, 0.15) is 47.8 Å². The molecular weight excluding hydrogens is 390 g/mol. The molecule has 2 aromatic rings. The predicted molar refractivity (Wildman–Crippen MR) is 121 cm³/mol. The van der Waals surface area contributed by atoms with Crippen LogP contribution < -0.4 is 10.1 Å². The number of carbonyl (C=O) groups excluding carboxylic acids is 1. The van der Waals surface area contributed by atoms with Crippen molar-refractivity contribution < 1.29 is 9.53 Å². The number of aryl methyl sites for hydroxylation is 1. The summed E-state index contributed by atoms with van der Waals surface area (Å²) in [6, 6.07) is 7.95. The van der Waals surface area contributed by atoms with Crippen LogP contribution in [-0.2, 0) is 24.2 Å². The molecule has 0 radical (unpaired) electrons. The van der Waals surface area contributed by atoms with E-state index in [1.165, 1.54) is 5.56 Å². The van der Waals surface area contributed by atoms with Crippen molar-refractivity contribution in [3.8, 4) is 5.75 Å². The highest BCUT2D eigenvalue weighted by Crippen LogP contribution is 2.29. The second-order valence-electron chi connectivity index (χ2n) is 8.62. The second-order valence-corrected chi connectivity index (χ2v) is 8.62. The number of hydrogen-bond donors (Lipinski definition) is 1. The lowest BCUT2D eigenvalue weighted by atomic mass is 9.95. The van der Waals surface area contributed by atoms with Gasteiger partial charge in [0.1, 0.15) is 17.4 Å². The van der Waals surface area contributed by atoms with Crippen molar-refractivity contribution in [2.75, 3.05) is 46.2 Å². The molecule has 1 aromatic carbocycles. The van der Waals surface area contributed by atoms with Gasteiger partial charge < -0.3 is 19.9 Å². The first-order valence-electron chi connectivity index (χ1n) is 11.2. The van der Waals surface area contributed by atoms with Crippen molar-refractivity contribution in [1.29, 1.82) is 0 Å². The van der Waals surface area contributed by atoms with Crippen LogP contribution in [0.2, 0.25) is 0 Å². The van der Waals surface area contributed by atoms with E-state index in [0.717, 1.165) is 74.0 Å². The number of benzene rings is 1. The van der Waals surface area contributed by atoms with Gasteiger partial charge in [0.15, 0.2) is 0 Å². The molecule has 166 valence electrons. The maximum Gasteiger partial charge on any atom is 0.222 e. The number of nitrogens with one attached hydrogen (secondary N) is 1. The molecule has 3 heterocycles. The average Bonchev–Trinajstić information content (AvgIpc) is 2.81. The van der Waals surface area contributed by atoms with E-state index in [-0.39, 0.29) is 11.8 Å². The molecule has 1 saturated heterocycles. The Labute approximate surface area is 184 Å². The van der Waals surface area contributed by atoms with Crippen LogP contribution >= 0.6 is 0 Å². The van der Waals surface area contributed by atoms with Gasteiger partial charge in [-0.1, -0.05) is 12.1 Å². The van der Waals surface area contributed by atoms with Gasteiger partial charge in [0, 0.05) is 51.1 Å². The highest BCUT2D eigenvalue weighted by Gasteiger charge is 2.28. The van der Waals surface area contributed by atoms with Gasteiger partial charge in [-0.2, -0.15) is 0 Å². The molecule has 0 bridgehead atoms. The summed E-state index contributed by atoms with van der Waals surface area (Å²) < 4.78 is 5.21. The summed E-state index contributed by atoms with van der Waals surface area (Å²) in [6.45, 7) is 3.42. The molecule has 1 amide bonds. The quantitative estimate of drug-likeness (QED) is 0.771. The molecule has 0 saturated carbocycles. The van der Waals surface area contributed by atoms with Gasteiger partial charge in [0.25, 0.3) is 0 Å². The number of likely N-dealkylation sites (N-methyl/N-ethyl adjacent to an activating group) is 1. The number of carbonyl (C=O) groups is 1. The van der Waals surface area contributed by atoms with Crippen molar-refractivity contribution in [3.05, 3.63) is 46.9 Å². The zero-order valence-electron chi connectivity index (χ0n) is 18.9. The summed E-state index contributed by atoms with van der Waals surface area (Å²) in [6.07, 6.45) is 4.27. The summed E-state index contributed by atoms with van der Waals surface area (Å²) in [7, 11) is 5.73. The van der Waals surface area contributed by atoms with E-state index in [2.05, 4.69) is 17.3 Å². The normalized spacial score (nSPS) is 19.1. The Morgan fingerprint density at radius 2 is 2.03 bits per heavy atom. The van der Waals surface area contributed by atoms with E-state index in [1.54, 1.807) is 7.11 Å². The highest BCUT2D eigenvalue weighted by molar-refractivity contribution is 5.76. The fourth-order valence-electron chi connectivity index (χ4n) is 4.59. The number of likely N-dealkylation sites (tertiary alicyclic amines) is 1. The number of amides is 1. The van der Waals surface area contributed by atoms with Crippen molar-refractivity contribution in [2.45, 2.75) is 44.6 Å². The third-order valence-corrected chi connectivity index (χ3v) is 6.44. The Hall–Kier alpha value is -2.67. The third-order valence-electron chi connectivity index (χ3n) is 6.44. The summed E-state index contributed by atoms with van der Waals surface area (Å²) >= 11 is 0. The molecule has 7 heteroatoms. The number of piperidine rings is 1. The van der Waals surface area contributed by atoms with E-state index in [0.29, 0.717) is 13.0 Å². The van der Waals surface area contributed by atoms with Gasteiger partial charge in [-0.3, -0.25) is 4.79 Å². The number of ether oxygens (including phenoxy) is 1. The standard InChI is InChI=1S/C24H33N5O2/c1-25-24-20-12-14-28(2)16-21(20)26-23(27-24)18-5-4-13-29(15-18)22(30)11-8-17-6-9-19(31-3)10-7-17/h6-7,9-10,18H,4-5,8,11-16H2,1-3H3,(H,25,26,27)/t18-/m1/s1. The Morgan fingerprint density at radius 3 is 2.77 bits per heavy atom. The molecule has 0 spiro atoms. The Kier molecular flexibility index (Phi) is 6.70. The van der Waals surface area contributed by atoms with Crippen LogP contribution in [0.3, 0.4) is 0 Å². The first kappa shape index (κ1) is 21.6. The minimum Gasteiger partial charge on any atom is -0.497 e. The summed E-state index contributed by atoms with van der Waals surface area (Å²) in [5, 5.41) is 3.27. The minimum absolute atomic E-state index is 0.198. The zero-order chi connectivity index (χ0) is 21.8. The van der Waals surface area contributed by atoms with Crippen molar-refractivity contribution in [1.82, 2.24) is 19.8 Å². The zero-order valence-corrected chi connectivity index (χ0v) is 18.9. The van der Waals surface area contributed by atoms with Crippen LogP contribution in [0.25, 0.3) is 0 Å². The number of hydrogen-bond acceptors (Lipinski definition) is 6. The highest BCUT2D eigenvalue weighted by atomic mass is 16.5. The molecule has 0 unspecified atom stereocenters. The number of rotatable bonds is 6. The monoisotopic (exact) mass is 423 g/mol. The van der Waals surface area contributed by atoms with Crippen molar-refractivity contribution in [3.63, 3.8) is 0 Å². The molecule has 7 nitrogen and oxygen atoms in total. The van der Waals surface area contributed by atoms with Gasteiger partial charge in [0.05, 0.1) is 12.8 Å². The molecule has 4 rings (SSSR count). The third kappa shape index (κ3) is 4.98. The lowest BCUT2D eigenvalue weighted by molar-refractivity contribution is -0.132. The van der Waals surface area contributed by atoms with E-state index in [9.17, 15) is 4.79 Å². The van der Waals surface area contributed by atoms with E-state index in [1.807, 2.05) is 36.2 Å². The number of anilines is 1. The fraction of sp³-hybridized carbons (Fsp3) is 0.542. The molecule has 0 aliphatic carbocycles. The largest absolute Gasteiger partial charge is 0.497 e. The lowest BCUT2D eigenvalue weighted by Crippen LogP contribution is -2.40. The van der Waals surface area contributed by atoms with E-state index < -0.39 is 0 Å². The Balaban J connectivity index is 1.42. The predicted octanol–water partition coefficient (Wildman–Crippen LogP) is 2.85. The summed E-state index contributed by atoms with van der Waals surface area (Å²) in [4.78, 5) is 27.0. The van der Waals surface area contributed by atoms with Gasteiger partial charge in [-0.15, -0.1) is 0 Å². The molecule has 2 aliphatic heterocycles. The van der Waals surface area contributed by atoms with Crippen LogP contribution in [0.4, 0.5) is 5.82 Å². The molecule has 1 aromatic heterocycles. The van der Waals surface area contributed by atoms with Crippen LogP contribution in [0.15, 0.2) is 24.3 Å². The molecule has 2 aliphatic rings. The van der Waals surface area contributed by atoms with Crippen molar-refractivity contribution in [2.24, 2.45) is 0 Å². The Bertz CT molecular complexity index is 915. The van der Waals surface area contributed by atoms with Gasteiger partial charge in [0.2, 0.25) is 5.91 Å². The van der Waals surface area contributed by atoms with Crippen LogP contribution in [0.5, 0.6) is 5.75 Å². The summed E-state index contributed by atoms with van der Waals surface area (Å²) in [5.41, 5.74) is 3.53. The van der Waals surface area contributed by atoms with E-state index in [4.69, 9.17) is 14.7 Å². The molecule has 31 heavy (non-hydrogen) atoms. The average molecular weight is 424 g/mol. The topological polar surface area (TPSA) is 70.6 Å². The van der Waals surface area contributed by atoms with Gasteiger partial charge >= 0.3 is 0 Å². The van der Waals surface area contributed by atoms with Gasteiger partial charge in [-0.25, -0.2) is 9.97 Å². The number of nitrogens with zero attached hydrogens (tertiary/aromatic N) is 4. The minimum atomic E-state index is 0.198. The first-order valence-corrected chi connectivity index (χ1v) is 11.2. The van der Waals surface area contributed by atoms with E-state index >= 15 is 0 Å². The number of methoxy groups -OCH3 is 1. The molecule has 1 N–H and O–H groups in total. The molecular formula is C24H33N5O2. The second kappa shape index (κ2) is 9.64. The smallest absolute Gasteiger partial charge is 0.222 e. The first-order chi connectivity index (χ1) is 15.1. The maximum absolute atomic E-state index is 12.9. The van der Waals surface area contributed by atoms with Gasteiger partial charge in [-0.05, 0) is 50.4 Å². The van der Waals surface area contributed by atoms with Crippen molar-refractivity contribution >= 4 is 11.7 Å². The maximum atomic E-state index is 12.9. The molecule has 1 fully saturated rings. The van der Waals surface area contributed by atoms with Crippen LogP contribution in [0, 0.1) is 0 Å². The lowest BCUT2D eigenvalue weighted by Gasteiger charge is -2.33. The Morgan fingerprint density at radius 1 is 1.23 bits per heavy atom. The summed E-state index contributed by atoms with van der Waals surface area (Å²) in [5.74, 6) is 3.09. The number of aromatic nitrogens is 2.